The lowest BCUT2D eigenvalue weighted by molar-refractivity contribution is 0.0191. The number of likely N-dealkylation sites (tertiary alicyclic amines) is 1. The molecule has 0 bridgehead atoms. The zero-order chi connectivity index (χ0) is 11.5. The fraction of sp³-hybridized carbons (Fsp3) is 0.909. The Labute approximate surface area is 102 Å². The molecular formula is C11H22FNO2S. The summed E-state index contributed by atoms with van der Waals surface area (Å²) in [6.45, 7) is 7.29. The van der Waals surface area contributed by atoms with E-state index in [2.05, 4.69) is 12.6 Å². The largest absolute Gasteiger partial charge is 0.444 e. The number of hydrogen-bond acceptors (Lipinski definition) is 3. The Kier molecular flexibility index (Phi) is 6.15. The zero-order valence-corrected chi connectivity index (χ0v) is 11.1. The van der Waals surface area contributed by atoms with Gasteiger partial charge in [0.1, 0.15) is 5.60 Å². The van der Waals surface area contributed by atoms with E-state index in [0.717, 1.165) is 31.7 Å². The van der Waals surface area contributed by atoms with Crippen molar-refractivity contribution in [3.05, 3.63) is 0 Å². The second kappa shape index (κ2) is 6.33. The quantitative estimate of drug-likeness (QED) is 0.726. The number of thiol groups is 1. The summed E-state index contributed by atoms with van der Waals surface area (Å²) in [5, 5.41) is 0. The summed E-state index contributed by atoms with van der Waals surface area (Å²) in [4.78, 5) is 13.5. The first-order valence-corrected chi connectivity index (χ1v) is 6.14. The minimum absolute atomic E-state index is 0. The van der Waals surface area contributed by atoms with Crippen LogP contribution in [0.3, 0.4) is 0 Å². The number of rotatable bonds is 1. The molecule has 16 heavy (non-hydrogen) atoms. The lowest BCUT2D eigenvalue weighted by Gasteiger charge is -2.32. The predicted molar refractivity (Wildman–Crippen MR) is 66.9 cm³/mol. The van der Waals surface area contributed by atoms with Gasteiger partial charge in [-0.2, -0.15) is 12.6 Å². The van der Waals surface area contributed by atoms with Crippen LogP contribution >= 0.6 is 12.6 Å². The molecule has 0 aromatic heterocycles. The van der Waals surface area contributed by atoms with Gasteiger partial charge in [-0.05, 0) is 45.3 Å². The molecular weight excluding hydrogens is 229 g/mol. The predicted octanol–water partition coefficient (Wildman–Crippen LogP) is 2.72. The fourth-order valence-electron chi connectivity index (χ4n) is 1.62. The summed E-state index contributed by atoms with van der Waals surface area (Å²) in [6.07, 6.45) is 1.91. The molecule has 1 amide bonds. The van der Waals surface area contributed by atoms with E-state index < -0.39 is 5.60 Å². The molecule has 0 radical (unpaired) electrons. The van der Waals surface area contributed by atoms with Crippen molar-refractivity contribution >= 4 is 18.7 Å². The van der Waals surface area contributed by atoms with Crippen LogP contribution in [0.4, 0.5) is 9.50 Å². The van der Waals surface area contributed by atoms with Crippen LogP contribution in [0.25, 0.3) is 0 Å². The molecule has 96 valence electrons. The van der Waals surface area contributed by atoms with Crippen LogP contribution in [0.15, 0.2) is 0 Å². The Balaban J connectivity index is 0.00000225. The lowest BCUT2D eigenvalue weighted by Crippen LogP contribution is -2.41. The van der Waals surface area contributed by atoms with Gasteiger partial charge >= 0.3 is 6.09 Å². The Morgan fingerprint density at radius 1 is 1.38 bits per heavy atom. The first-order chi connectivity index (χ1) is 6.92. The number of ether oxygens (including phenoxy) is 1. The van der Waals surface area contributed by atoms with Crippen LogP contribution in [0.1, 0.15) is 33.6 Å². The van der Waals surface area contributed by atoms with Gasteiger partial charge in [0.05, 0.1) is 0 Å². The van der Waals surface area contributed by atoms with Gasteiger partial charge in [-0.15, -0.1) is 0 Å². The van der Waals surface area contributed by atoms with E-state index in [1.165, 1.54) is 0 Å². The second-order valence-electron chi connectivity index (χ2n) is 5.09. The van der Waals surface area contributed by atoms with Crippen molar-refractivity contribution < 1.29 is 14.2 Å². The van der Waals surface area contributed by atoms with E-state index in [-0.39, 0.29) is 10.8 Å². The molecule has 0 aromatic carbocycles. The Morgan fingerprint density at radius 3 is 2.25 bits per heavy atom. The maximum atomic E-state index is 11.7. The molecule has 3 nitrogen and oxygen atoms in total. The van der Waals surface area contributed by atoms with E-state index >= 15 is 0 Å². The van der Waals surface area contributed by atoms with Crippen molar-refractivity contribution in [2.24, 2.45) is 5.92 Å². The minimum atomic E-state index is -0.391. The summed E-state index contributed by atoms with van der Waals surface area (Å²) >= 11 is 4.28. The minimum Gasteiger partial charge on any atom is -0.444 e. The topological polar surface area (TPSA) is 29.5 Å². The third kappa shape index (κ3) is 5.05. The molecule has 1 saturated heterocycles. The number of carbonyl (C=O) groups excluding carboxylic acids is 1. The zero-order valence-electron chi connectivity index (χ0n) is 10.2. The van der Waals surface area contributed by atoms with Crippen LogP contribution in [-0.4, -0.2) is 35.4 Å². The highest BCUT2D eigenvalue weighted by molar-refractivity contribution is 7.80. The highest BCUT2D eigenvalue weighted by Gasteiger charge is 2.26. The van der Waals surface area contributed by atoms with E-state index in [9.17, 15) is 4.79 Å². The van der Waals surface area contributed by atoms with Crippen molar-refractivity contribution in [2.75, 3.05) is 18.8 Å². The number of piperidine rings is 1. The van der Waals surface area contributed by atoms with Crippen molar-refractivity contribution in [3.8, 4) is 0 Å². The SMILES string of the molecule is CC(C)(C)OC(=O)N1CCC(CS)CC1.F. The molecule has 1 aliphatic rings. The molecule has 0 saturated carbocycles. The van der Waals surface area contributed by atoms with E-state index in [4.69, 9.17) is 4.74 Å². The first-order valence-electron chi connectivity index (χ1n) is 5.51. The lowest BCUT2D eigenvalue weighted by atomic mass is 9.99. The average Bonchev–Trinajstić information content (AvgIpc) is 2.15. The molecule has 1 aliphatic heterocycles. The molecule has 1 rings (SSSR count). The van der Waals surface area contributed by atoms with Crippen molar-refractivity contribution in [3.63, 3.8) is 0 Å². The third-order valence-corrected chi connectivity index (χ3v) is 3.04. The van der Waals surface area contributed by atoms with Crippen molar-refractivity contribution in [1.82, 2.24) is 4.90 Å². The highest BCUT2D eigenvalue weighted by Crippen LogP contribution is 2.20. The van der Waals surface area contributed by atoms with Crippen molar-refractivity contribution in [1.29, 1.82) is 0 Å². The number of halogens is 1. The van der Waals surface area contributed by atoms with Crippen LogP contribution in [0.2, 0.25) is 0 Å². The molecule has 0 aliphatic carbocycles. The van der Waals surface area contributed by atoms with Gasteiger partial charge in [0.15, 0.2) is 0 Å². The van der Waals surface area contributed by atoms with Crippen LogP contribution in [-0.2, 0) is 4.74 Å². The number of amides is 1. The molecule has 0 N–H and O–H groups in total. The summed E-state index contributed by atoms with van der Waals surface area (Å²) < 4.78 is 5.31. The van der Waals surface area contributed by atoms with Gasteiger partial charge in [0.2, 0.25) is 0 Å². The van der Waals surface area contributed by atoms with Crippen molar-refractivity contribution in [2.45, 2.75) is 39.2 Å². The maximum absolute atomic E-state index is 11.7. The van der Waals surface area contributed by atoms with E-state index in [1.54, 1.807) is 4.90 Å². The molecule has 0 atom stereocenters. The van der Waals surface area contributed by atoms with E-state index in [0.29, 0.717) is 5.92 Å². The third-order valence-electron chi connectivity index (χ3n) is 2.52. The van der Waals surface area contributed by atoms with Gasteiger partial charge in [0.25, 0.3) is 0 Å². The van der Waals surface area contributed by atoms with Gasteiger partial charge in [-0.3, -0.25) is 4.70 Å². The molecule has 0 unspecified atom stereocenters. The Bertz CT molecular complexity index is 223. The van der Waals surface area contributed by atoms with Gasteiger partial charge in [0, 0.05) is 13.1 Å². The summed E-state index contributed by atoms with van der Waals surface area (Å²) in [7, 11) is 0. The Hall–Kier alpha value is -0.450. The standard InChI is InChI=1S/C11H21NO2S.FH/c1-11(2,3)14-10(13)12-6-4-9(8-15)5-7-12;/h9,15H,4-8H2,1-3H3;1H. The number of carbonyl (C=O) groups is 1. The molecule has 0 aromatic rings. The molecule has 1 heterocycles. The molecule has 5 heteroatoms. The molecule has 0 spiro atoms. The normalized spacial score (nSPS) is 17.9. The highest BCUT2D eigenvalue weighted by atomic mass is 32.1. The van der Waals surface area contributed by atoms with Gasteiger partial charge in [-0.1, -0.05) is 0 Å². The molecule has 1 fully saturated rings. The first kappa shape index (κ1) is 15.6. The number of nitrogens with zero attached hydrogens (tertiary/aromatic N) is 1. The second-order valence-corrected chi connectivity index (χ2v) is 5.46. The number of hydrogen-bond donors (Lipinski definition) is 1. The van der Waals surface area contributed by atoms with Gasteiger partial charge < -0.3 is 9.64 Å². The van der Waals surface area contributed by atoms with Crippen LogP contribution in [0, 0.1) is 5.92 Å². The van der Waals surface area contributed by atoms with Crippen LogP contribution in [0.5, 0.6) is 0 Å². The summed E-state index contributed by atoms with van der Waals surface area (Å²) in [5.74, 6) is 1.58. The summed E-state index contributed by atoms with van der Waals surface area (Å²) in [6, 6.07) is 0. The summed E-state index contributed by atoms with van der Waals surface area (Å²) in [5.41, 5.74) is -0.391. The smallest absolute Gasteiger partial charge is 0.410 e. The van der Waals surface area contributed by atoms with Gasteiger partial charge in [-0.25, -0.2) is 4.79 Å². The Morgan fingerprint density at radius 2 is 1.88 bits per heavy atom. The van der Waals surface area contributed by atoms with Crippen LogP contribution < -0.4 is 0 Å². The fourth-order valence-corrected chi connectivity index (χ4v) is 1.99. The van der Waals surface area contributed by atoms with E-state index in [1.807, 2.05) is 20.8 Å². The monoisotopic (exact) mass is 251 g/mol. The average molecular weight is 251 g/mol. The maximum Gasteiger partial charge on any atom is 0.410 e.